The number of ether oxygens (including phenoxy) is 1. The molecule has 3 heterocycles. The largest absolute Gasteiger partial charge is 0.497 e. The number of fused-ring (bicyclic) bond motifs is 2. The van der Waals surface area contributed by atoms with Crippen LogP contribution in [0.25, 0.3) is 0 Å². The second-order valence-corrected chi connectivity index (χ2v) is 13.4. The first-order valence-electron chi connectivity index (χ1n) is 13.2. The molecule has 5 rings (SSSR count). The standard InChI is InChI=1S/C28H31BrF3N5O3S/c1-27(2,3)14-7-10-16-18(11-14)41-26(20(16)23(33)38)35-25(39)22-21(29)24-34-17(13-5-8-15(40-4)9-6-13)12-19(28(30,31)32)37(24)36-22/h5-6,8-9,14,17,19,34H,7,10-12H2,1-4H3,(H2,33,38)(H,35,39)/t14-,17-,19-/m0/s1. The number of halogens is 4. The monoisotopic (exact) mass is 653 g/mol. The molecule has 0 unspecified atom stereocenters. The molecule has 41 heavy (non-hydrogen) atoms. The highest BCUT2D eigenvalue weighted by Gasteiger charge is 2.48. The molecular formula is C28H31BrF3N5O3S. The Hall–Kier alpha value is -3.06. The highest BCUT2D eigenvalue weighted by atomic mass is 79.9. The molecule has 0 bridgehead atoms. The fourth-order valence-corrected chi connectivity index (χ4v) is 7.51. The van der Waals surface area contributed by atoms with Crippen LogP contribution in [0.15, 0.2) is 28.7 Å². The van der Waals surface area contributed by atoms with Crippen LogP contribution in [0, 0.1) is 11.3 Å². The van der Waals surface area contributed by atoms with Crippen molar-refractivity contribution < 1.29 is 27.5 Å². The Labute approximate surface area is 247 Å². The third-order valence-electron chi connectivity index (χ3n) is 7.99. The number of benzene rings is 1. The maximum atomic E-state index is 14.2. The summed E-state index contributed by atoms with van der Waals surface area (Å²) in [6, 6.07) is 4.11. The van der Waals surface area contributed by atoms with Crippen molar-refractivity contribution in [1.82, 2.24) is 9.78 Å². The Morgan fingerprint density at radius 1 is 1.22 bits per heavy atom. The molecule has 3 atom stereocenters. The summed E-state index contributed by atoms with van der Waals surface area (Å²) in [5.41, 5.74) is 7.30. The smallest absolute Gasteiger partial charge is 0.410 e. The molecule has 0 fully saturated rings. The minimum Gasteiger partial charge on any atom is -0.497 e. The van der Waals surface area contributed by atoms with Crippen LogP contribution < -0.4 is 21.1 Å². The van der Waals surface area contributed by atoms with Crippen LogP contribution in [-0.4, -0.2) is 34.9 Å². The van der Waals surface area contributed by atoms with E-state index in [1.807, 2.05) is 0 Å². The topological polar surface area (TPSA) is 111 Å². The lowest BCUT2D eigenvalue weighted by atomic mass is 9.72. The van der Waals surface area contributed by atoms with Gasteiger partial charge in [-0.1, -0.05) is 32.9 Å². The lowest BCUT2D eigenvalue weighted by Gasteiger charge is -2.33. The first-order valence-corrected chi connectivity index (χ1v) is 14.8. The predicted octanol–water partition coefficient (Wildman–Crippen LogP) is 6.88. The Kier molecular flexibility index (Phi) is 7.64. The number of methoxy groups -OCH3 is 1. The predicted molar refractivity (Wildman–Crippen MR) is 155 cm³/mol. The van der Waals surface area contributed by atoms with Gasteiger partial charge in [0.2, 0.25) is 0 Å². The van der Waals surface area contributed by atoms with Crippen LogP contribution in [0.5, 0.6) is 5.75 Å². The molecule has 0 saturated carbocycles. The van der Waals surface area contributed by atoms with Crippen LogP contribution in [0.3, 0.4) is 0 Å². The van der Waals surface area contributed by atoms with Gasteiger partial charge in [0, 0.05) is 11.3 Å². The van der Waals surface area contributed by atoms with Gasteiger partial charge in [-0.15, -0.1) is 11.3 Å². The van der Waals surface area contributed by atoms with E-state index in [0.29, 0.717) is 23.7 Å². The molecule has 4 N–H and O–H groups in total. The average molecular weight is 655 g/mol. The zero-order valence-electron chi connectivity index (χ0n) is 23.0. The van der Waals surface area contributed by atoms with Gasteiger partial charge in [-0.2, -0.15) is 18.3 Å². The van der Waals surface area contributed by atoms with E-state index in [-0.39, 0.29) is 38.4 Å². The van der Waals surface area contributed by atoms with Crippen molar-refractivity contribution in [1.29, 1.82) is 0 Å². The highest BCUT2D eigenvalue weighted by Crippen LogP contribution is 2.47. The molecule has 0 saturated heterocycles. The summed E-state index contributed by atoms with van der Waals surface area (Å²) in [5.74, 6) is -0.372. The van der Waals surface area contributed by atoms with Gasteiger partial charge in [0.25, 0.3) is 11.8 Å². The maximum Gasteiger partial charge on any atom is 0.410 e. The summed E-state index contributed by atoms with van der Waals surface area (Å²) < 4.78 is 48.8. The zero-order chi connectivity index (χ0) is 29.9. The van der Waals surface area contributed by atoms with E-state index in [1.165, 1.54) is 18.4 Å². The molecule has 220 valence electrons. The van der Waals surface area contributed by atoms with E-state index >= 15 is 0 Å². The van der Waals surface area contributed by atoms with Gasteiger partial charge < -0.3 is 21.1 Å². The normalized spacial score (nSPS) is 20.5. The number of amides is 2. The van der Waals surface area contributed by atoms with Gasteiger partial charge in [0.15, 0.2) is 11.7 Å². The number of nitrogens with two attached hydrogens (primary N) is 1. The molecule has 1 aromatic carbocycles. The molecular weight excluding hydrogens is 623 g/mol. The Morgan fingerprint density at radius 2 is 1.90 bits per heavy atom. The number of rotatable bonds is 5. The molecule has 13 heteroatoms. The van der Waals surface area contributed by atoms with Gasteiger partial charge in [-0.05, 0) is 69.8 Å². The molecule has 0 radical (unpaired) electrons. The number of hydrogen-bond donors (Lipinski definition) is 3. The quantitative estimate of drug-likeness (QED) is 0.278. The van der Waals surface area contributed by atoms with E-state index in [1.54, 1.807) is 24.3 Å². The molecule has 8 nitrogen and oxygen atoms in total. The molecule has 3 aromatic rings. The molecule has 2 aromatic heterocycles. The van der Waals surface area contributed by atoms with Crippen LogP contribution in [-0.2, 0) is 12.8 Å². The van der Waals surface area contributed by atoms with Crippen LogP contribution in [0.2, 0.25) is 0 Å². The van der Waals surface area contributed by atoms with Crippen LogP contribution in [0.4, 0.5) is 24.0 Å². The summed E-state index contributed by atoms with van der Waals surface area (Å²) in [6.45, 7) is 6.52. The molecule has 1 aliphatic carbocycles. The summed E-state index contributed by atoms with van der Waals surface area (Å²) in [7, 11) is 1.51. The van der Waals surface area contributed by atoms with Crippen molar-refractivity contribution in [3.63, 3.8) is 0 Å². The third kappa shape index (κ3) is 5.57. The van der Waals surface area contributed by atoms with Crippen molar-refractivity contribution in [3.05, 3.63) is 56.0 Å². The third-order valence-corrected chi connectivity index (χ3v) is 9.91. The highest BCUT2D eigenvalue weighted by molar-refractivity contribution is 9.10. The van der Waals surface area contributed by atoms with E-state index in [9.17, 15) is 22.8 Å². The minimum absolute atomic E-state index is 0.0400. The van der Waals surface area contributed by atoms with E-state index in [4.69, 9.17) is 10.5 Å². The Bertz CT molecular complexity index is 1490. The van der Waals surface area contributed by atoms with E-state index < -0.39 is 30.1 Å². The van der Waals surface area contributed by atoms with Crippen molar-refractivity contribution >= 4 is 49.9 Å². The van der Waals surface area contributed by atoms with Gasteiger partial charge in [-0.25, -0.2) is 4.68 Å². The number of alkyl halides is 3. The average Bonchev–Trinajstić information content (AvgIpc) is 3.43. The number of nitrogens with one attached hydrogen (secondary N) is 2. The molecule has 2 amide bonds. The fourth-order valence-electron chi connectivity index (χ4n) is 5.63. The van der Waals surface area contributed by atoms with Crippen LogP contribution >= 0.6 is 27.3 Å². The van der Waals surface area contributed by atoms with Gasteiger partial charge in [0.1, 0.15) is 16.6 Å². The van der Waals surface area contributed by atoms with E-state index in [0.717, 1.165) is 28.0 Å². The second kappa shape index (κ2) is 10.6. The Morgan fingerprint density at radius 3 is 2.49 bits per heavy atom. The summed E-state index contributed by atoms with van der Waals surface area (Å²) in [6.07, 6.45) is -2.63. The lowest BCUT2D eigenvalue weighted by molar-refractivity contribution is -0.173. The number of hydrogen-bond acceptors (Lipinski definition) is 6. The summed E-state index contributed by atoms with van der Waals surface area (Å²) in [4.78, 5) is 26.9. The van der Waals surface area contributed by atoms with Gasteiger partial charge in [0.05, 0.1) is 23.2 Å². The number of carbonyl (C=O) groups is 2. The zero-order valence-corrected chi connectivity index (χ0v) is 25.4. The van der Waals surface area contributed by atoms with Gasteiger partial charge >= 0.3 is 6.18 Å². The fraction of sp³-hybridized carbons (Fsp3) is 0.464. The summed E-state index contributed by atoms with van der Waals surface area (Å²) >= 11 is 4.61. The van der Waals surface area contributed by atoms with Crippen molar-refractivity contribution in [3.8, 4) is 5.75 Å². The first kappa shape index (κ1) is 29.4. The minimum atomic E-state index is -4.61. The number of carbonyl (C=O) groups excluding carboxylic acids is 2. The maximum absolute atomic E-state index is 14.2. The number of nitrogens with zero attached hydrogens (tertiary/aromatic N) is 2. The first-order chi connectivity index (χ1) is 19.2. The lowest BCUT2D eigenvalue weighted by Crippen LogP contribution is -2.35. The molecule has 0 spiro atoms. The van der Waals surface area contributed by atoms with Crippen LogP contribution in [0.1, 0.15) is 82.5 Å². The number of aromatic nitrogens is 2. The summed E-state index contributed by atoms with van der Waals surface area (Å²) in [5, 5.41) is 10.2. The van der Waals surface area contributed by atoms with Crippen molar-refractivity contribution in [2.24, 2.45) is 17.1 Å². The molecule has 1 aliphatic heterocycles. The number of thiophene rings is 1. The van der Waals surface area contributed by atoms with Crippen molar-refractivity contribution in [2.45, 2.75) is 64.7 Å². The Balaban J connectivity index is 1.47. The van der Waals surface area contributed by atoms with E-state index in [2.05, 4.69) is 52.4 Å². The number of anilines is 2. The molecule has 2 aliphatic rings. The number of primary amides is 1. The second-order valence-electron chi connectivity index (χ2n) is 11.6. The van der Waals surface area contributed by atoms with Crippen molar-refractivity contribution in [2.75, 3.05) is 17.7 Å². The SMILES string of the molecule is COc1ccc([C@@H]2C[C@@H](C(F)(F)F)n3nc(C(=O)Nc4sc5c(c4C(N)=O)CC[C@H](C(C)(C)C)C5)c(Br)c3N2)cc1. The van der Waals surface area contributed by atoms with Gasteiger partial charge in [-0.3, -0.25) is 9.59 Å².